The number of nitrogens with one attached hydrogen (secondary N) is 1. The van der Waals surface area contributed by atoms with Crippen LogP contribution in [0.4, 0.5) is 11.6 Å². The topological polar surface area (TPSA) is 157 Å². The molecule has 2 saturated heterocycles. The third kappa shape index (κ3) is 8.94. The van der Waals surface area contributed by atoms with Crippen LogP contribution in [0.2, 0.25) is 0 Å². The van der Waals surface area contributed by atoms with E-state index in [-0.39, 0.29) is 24.0 Å². The van der Waals surface area contributed by atoms with Crippen LogP contribution in [0.3, 0.4) is 0 Å². The van der Waals surface area contributed by atoms with Crippen molar-refractivity contribution in [2.75, 3.05) is 68.8 Å². The van der Waals surface area contributed by atoms with Crippen molar-refractivity contribution in [3.63, 3.8) is 0 Å². The van der Waals surface area contributed by atoms with Crippen molar-refractivity contribution in [3.05, 3.63) is 108 Å². The van der Waals surface area contributed by atoms with Gasteiger partial charge in [-0.3, -0.25) is 4.79 Å². The number of ether oxygens (including phenoxy) is 1. The van der Waals surface area contributed by atoms with E-state index in [0.717, 1.165) is 76.8 Å². The quantitative estimate of drug-likeness (QED) is 0.133. The monoisotopic (exact) mass is 766 g/mol. The summed E-state index contributed by atoms with van der Waals surface area (Å²) in [5.74, 6) is 2.32. The van der Waals surface area contributed by atoms with Crippen LogP contribution in [0.15, 0.2) is 97.1 Å². The summed E-state index contributed by atoms with van der Waals surface area (Å²) in [5.41, 5.74) is 5.19. The average Bonchev–Trinajstić information content (AvgIpc) is 3.23. The van der Waals surface area contributed by atoms with Crippen molar-refractivity contribution in [2.45, 2.75) is 20.8 Å². The summed E-state index contributed by atoms with van der Waals surface area (Å²) in [7, 11) is 0. The molecule has 3 N–H and O–H groups in total. The van der Waals surface area contributed by atoms with Gasteiger partial charge in [-0.15, -0.1) is 0 Å². The molecule has 0 aliphatic carbocycles. The van der Waals surface area contributed by atoms with Crippen LogP contribution in [-0.2, 0) is 14.3 Å². The Labute approximate surface area is 331 Å². The summed E-state index contributed by atoms with van der Waals surface area (Å²) in [6.45, 7) is 11.9. The minimum atomic E-state index is -0.524. The standard InChI is InChI=1S/C25H26N4O4.C19H20N4O/c1-3-33-23(32)11-10-22(31)28-12-14-29(15-13-28)25-18-9-8-17(2)16-20(18)26-24(27-25)19-6-4-5-7-21(19)30;1-13-6-7-14-16(12-13)21-18(15-4-2-3-5-17(15)24)22-19(14)23-10-8-20-9-11-23/h4-11,16,30H,3,12-15H2,1-2H3;2-7,12,20,24H,8-11H2,1H3/b11-10-;. The lowest BCUT2D eigenvalue weighted by Crippen LogP contribution is -2.48. The van der Waals surface area contributed by atoms with E-state index in [1.807, 2.05) is 43.3 Å². The zero-order valence-corrected chi connectivity index (χ0v) is 32.4. The van der Waals surface area contributed by atoms with Gasteiger partial charge < -0.3 is 35.0 Å². The molecule has 1 amide bonds. The zero-order valence-electron chi connectivity index (χ0n) is 32.4. The SMILES string of the molecule is CCOC(=O)/C=C\C(=O)N1CCN(c2nc(-c3ccccc3O)nc3cc(C)ccc23)CC1.Cc1ccc2c(N3CCNCC3)nc(-c3ccccc3O)nc2c1. The van der Waals surface area contributed by atoms with Crippen LogP contribution >= 0.6 is 0 Å². The van der Waals surface area contributed by atoms with E-state index in [9.17, 15) is 19.8 Å². The molecular weight excluding hydrogens is 721 g/mol. The third-order valence-corrected chi connectivity index (χ3v) is 9.91. The number of aromatic nitrogens is 4. The minimum absolute atomic E-state index is 0.124. The van der Waals surface area contributed by atoms with Gasteiger partial charge in [0.2, 0.25) is 5.91 Å². The first-order valence-electron chi connectivity index (χ1n) is 19.2. The van der Waals surface area contributed by atoms with Crippen molar-refractivity contribution < 1.29 is 24.5 Å². The molecule has 0 spiro atoms. The van der Waals surface area contributed by atoms with Crippen LogP contribution in [0.5, 0.6) is 11.5 Å². The lowest BCUT2D eigenvalue weighted by Gasteiger charge is -2.35. The molecule has 4 aromatic carbocycles. The highest BCUT2D eigenvalue weighted by Crippen LogP contribution is 2.34. The second-order valence-corrected chi connectivity index (χ2v) is 14.0. The maximum absolute atomic E-state index is 12.4. The second-order valence-electron chi connectivity index (χ2n) is 14.0. The number of nitrogens with zero attached hydrogens (tertiary/aromatic N) is 7. The van der Waals surface area contributed by atoms with Gasteiger partial charge >= 0.3 is 5.97 Å². The Morgan fingerprint density at radius 2 is 1.16 bits per heavy atom. The Hall–Kier alpha value is -6.60. The maximum Gasteiger partial charge on any atom is 0.330 e. The molecule has 0 saturated carbocycles. The summed E-state index contributed by atoms with van der Waals surface area (Å²) in [4.78, 5) is 49.1. The van der Waals surface area contributed by atoms with Crippen molar-refractivity contribution in [1.82, 2.24) is 30.2 Å². The second kappa shape index (κ2) is 17.5. The van der Waals surface area contributed by atoms with E-state index in [4.69, 9.17) is 24.7 Å². The average molecular weight is 767 g/mol. The Bertz CT molecular complexity index is 2440. The molecule has 292 valence electrons. The highest BCUT2D eigenvalue weighted by Gasteiger charge is 2.24. The fourth-order valence-corrected chi connectivity index (χ4v) is 6.94. The van der Waals surface area contributed by atoms with Gasteiger partial charge in [-0.2, -0.15) is 0 Å². The number of carbonyl (C=O) groups excluding carboxylic acids is 2. The van der Waals surface area contributed by atoms with Crippen LogP contribution in [0.25, 0.3) is 44.6 Å². The lowest BCUT2D eigenvalue weighted by molar-refractivity contribution is -0.137. The molecule has 0 unspecified atom stereocenters. The van der Waals surface area contributed by atoms with E-state index >= 15 is 0 Å². The number of esters is 1. The molecular formula is C44H46N8O5. The smallest absolute Gasteiger partial charge is 0.330 e. The molecule has 6 aromatic rings. The summed E-state index contributed by atoms with van der Waals surface area (Å²) in [6, 6.07) is 26.5. The molecule has 2 aromatic heterocycles. The molecule has 57 heavy (non-hydrogen) atoms. The fraction of sp³-hybridized carbons (Fsp3) is 0.273. The van der Waals surface area contributed by atoms with Crippen molar-refractivity contribution in [3.8, 4) is 34.3 Å². The summed E-state index contributed by atoms with van der Waals surface area (Å²) in [6.07, 6.45) is 2.42. The molecule has 2 fully saturated rings. The molecule has 2 aliphatic rings. The van der Waals surface area contributed by atoms with Gasteiger partial charge in [0, 0.05) is 75.3 Å². The molecule has 0 atom stereocenters. The molecule has 0 bridgehead atoms. The van der Waals surface area contributed by atoms with Gasteiger partial charge in [0.05, 0.1) is 28.8 Å². The number of benzene rings is 4. The Balaban J connectivity index is 0.000000183. The minimum Gasteiger partial charge on any atom is -0.507 e. The van der Waals surface area contributed by atoms with Crippen LogP contribution < -0.4 is 15.1 Å². The van der Waals surface area contributed by atoms with Crippen molar-refractivity contribution >= 4 is 45.3 Å². The van der Waals surface area contributed by atoms with Gasteiger partial charge in [-0.1, -0.05) is 36.4 Å². The molecule has 2 aliphatic heterocycles. The normalized spacial score (nSPS) is 14.5. The molecule has 13 nitrogen and oxygen atoms in total. The summed E-state index contributed by atoms with van der Waals surface area (Å²) >= 11 is 0. The maximum atomic E-state index is 12.4. The van der Waals surface area contributed by atoms with E-state index in [1.165, 1.54) is 6.08 Å². The van der Waals surface area contributed by atoms with Gasteiger partial charge in [0.15, 0.2) is 11.6 Å². The number of fused-ring (bicyclic) bond motifs is 2. The number of carbonyl (C=O) groups is 2. The van der Waals surface area contributed by atoms with Crippen LogP contribution in [-0.4, -0.2) is 106 Å². The molecule has 4 heterocycles. The first kappa shape index (κ1) is 38.7. The number of hydrogen-bond donors (Lipinski definition) is 3. The zero-order chi connectivity index (χ0) is 39.9. The number of rotatable bonds is 7. The number of aromatic hydroxyl groups is 2. The van der Waals surface area contributed by atoms with Crippen LogP contribution in [0.1, 0.15) is 18.1 Å². The Morgan fingerprint density at radius 3 is 1.65 bits per heavy atom. The number of amides is 1. The predicted molar refractivity (Wildman–Crippen MR) is 222 cm³/mol. The largest absolute Gasteiger partial charge is 0.507 e. The van der Waals surface area contributed by atoms with Gasteiger partial charge in [-0.25, -0.2) is 24.7 Å². The van der Waals surface area contributed by atoms with Crippen molar-refractivity contribution in [1.29, 1.82) is 0 Å². The molecule has 8 rings (SSSR count). The third-order valence-electron chi connectivity index (χ3n) is 9.91. The van der Waals surface area contributed by atoms with Gasteiger partial charge in [0.25, 0.3) is 0 Å². The Morgan fingerprint density at radius 1 is 0.667 bits per heavy atom. The number of anilines is 2. The number of para-hydroxylation sites is 2. The highest BCUT2D eigenvalue weighted by molar-refractivity contribution is 5.95. The molecule has 13 heteroatoms. The predicted octanol–water partition coefficient (Wildman–Crippen LogP) is 5.80. The summed E-state index contributed by atoms with van der Waals surface area (Å²) in [5, 5.41) is 25.9. The van der Waals surface area contributed by atoms with Crippen LogP contribution in [0, 0.1) is 13.8 Å². The number of hydrogen-bond acceptors (Lipinski definition) is 12. The molecule has 0 radical (unpaired) electrons. The first-order chi connectivity index (χ1) is 27.7. The van der Waals surface area contributed by atoms with E-state index < -0.39 is 5.97 Å². The van der Waals surface area contributed by atoms with Gasteiger partial charge in [0.1, 0.15) is 23.1 Å². The fourth-order valence-electron chi connectivity index (χ4n) is 6.94. The van der Waals surface area contributed by atoms with E-state index in [1.54, 1.807) is 42.2 Å². The highest BCUT2D eigenvalue weighted by atomic mass is 16.5. The number of piperazine rings is 2. The number of phenols is 2. The van der Waals surface area contributed by atoms with E-state index in [0.29, 0.717) is 49.0 Å². The summed E-state index contributed by atoms with van der Waals surface area (Å²) < 4.78 is 4.82. The van der Waals surface area contributed by atoms with E-state index in [2.05, 4.69) is 40.2 Å². The van der Waals surface area contributed by atoms with Crippen molar-refractivity contribution in [2.24, 2.45) is 0 Å². The number of aryl methyl sites for hydroxylation is 2. The first-order valence-corrected chi connectivity index (χ1v) is 19.2. The number of phenolic OH excluding ortho intramolecular Hbond substituents is 2. The Kier molecular flexibility index (Phi) is 11.8. The van der Waals surface area contributed by atoms with Gasteiger partial charge in [-0.05, 0) is 80.4 Å². The lowest BCUT2D eigenvalue weighted by atomic mass is 10.1.